The highest BCUT2D eigenvalue weighted by molar-refractivity contribution is 7.14. The number of aromatic nitrogens is 1. The number of nitrogens with zero attached hydrogens (tertiary/aromatic N) is 1. The van der Waals surface area contributed by atoms with Gasteiger partial charge in [-0.3, -0.25) is 10.1 Å². The average molecular weight is 413 g/mol. The number of carbonyl (C=O) groups excluding carboxylic acids is 1. The van der Waals surface area contributed by atoms with E-state index in [4.69, 9.17) is 4.74 Å². The van der Waals surface area contributed by atoms with Crippen LogP contribution in [0, 0.1) is 0 Å². The number of hydrogen-bond acceptors (Lipinski definition) is 4. The molecule has 1 aromatic heterocycles. The largest absolute Gasteiger partial charge is 0.497 e. The van der Waals surface area contributed by atoms with Crippen LogP contribution in [0.3, 0.4) is 0 Å². The molecular weight excluding hydrogens is 392 g/mol. The summed E-state index contributed by atoms with van der Waals surface area (Å²) < 4.78 is 5.13. The summed E-state index contributed by atoms with van der Waals surface area (Å²) in [4.78, 5) is 16.7. The standard InChI is InChI=1S/C25H20N2O2S/c1-29-22-14-7-18(8-15-22)9-16-24(28)27-25-26-23(17-30-25)21-12-10-20(11-13-21)19-5-3-2-4-6-19/h2-17H,1H3,(H,26,27,28)/b16-9+. The van der Waals surface area contributed by atoms with Crippen molar-refractivity contribution in [1.82, 2.24) is 4.98 Å². The molecule has 0 aliphatic rings. The molecule has 0 saturated heterocycles. The molecule has 3 aromatic carbocycles. The number of methoxy groups -OCH3 is 1. The van der Waals surface area contributed by atoms with Crippen LogP contribution in [0.4, 0.5) is 5.13 Å². The number of amides is 1. The molecule has 0 unspecified atom stereocenters. The molecule has 0 aliphatic heterocycles. The maximum atomic E-state index is 12.2. The zero-order valence-electron chi connectivity index (χ0n) is 16.4. The smallest absolute Gasteiger partial charge is 0.250 e. The van der Waals surface area contributed by atoms with Crippen molar-refractivity contribution in [3.05, 3.63) is 95.9 Å². The number of carbonyl (C=O) groups is 1. The van der Waals surface area contributed by atoms with Gasteiger partial charge in [0.1, 0.15) is 5.75 Å². The fraction of sp³-hybridized carbons (Fsp3) is 0.0400. The van der Waals surface area contributed by atoms with E-state index in [1.165, 1.54) is 23.0 Å². The summed E-state index contributed by atoms with van der Waals surface area (Å²) in [5.74, 6) is 0.565. The van der Waals surface area contributed by atoms with Crippen LogP contribution in [0.1, 0.15) is 5.56 Å². The first-order chi connectivity index (χ1) is 14.7. The molecule has 0 aliphatic carbocycles. The van der Waals surface area contributed by atoms with Crippen LogP contribution in [0.15, 0.2) is 90.3 Å². The van der Waals surface area contributed by atoms with E-state index in [1.807, 2.05) is 60.0 Å². The molecule has 5 heteroatoms. The van der Waals surface area contributed by atoms with Gasteiger partial charge in [-0.25, -0.2) is 4.98 Å². The van der Waals surface area contributed by atoms with E-state index >= 15 is 0 Å². The molecule has 1 amide bonds. The van der Waals surface area contributed by atoms with Crippen molar-refractivity contribution < 1.29 is 9.53 Å². The van der Waals surface area contributed by atoms with Gasteiger partial charge in [-0.2, -0.15) is 0 Å². The van der Waals surface area contributed by atoms with Gasteiger partial charge in [-0.1, -0.05) is 66.7 Å². The van der Waals surface area contributed by atoms with Crippen LogP contribution < -0.4 is 10.1 Å². The normalized spacial score (nSPS) is 10.8. The van der Waals surface area contributed by atoms with Crippen molar-refractivity contribution in [3.63, 3.8) is 0 Å². The zero-order valence-corrected chi connectivity index (χ0v) is 17.2. The molecular formula is C25H20N2O2S. The number of ether oxygens (including phenoxy) is 1. The fourth-order valence-corrected chi connectivity index (χ4v) is 3.68. The molecule has 0 radical (unpaired) electrons. The van der Waals surface area contributed by atoms with Crippen LogP contribution in [0.2, 0.25) is 0 Å². The van der Waals surface area contributed by atoms with Crippen molar-refractivity contribution in [2.45, 2.75) is 0 Å². The Kier molecular flexibility index (Phi) is 6.01. The molecule has 4 nitrogen and oxygen atoms in total. The molecule has 4 rings (SSSR count). The van der Waals surface area contributed by atoms with Gasteiger partial charge in [0.25, 0.3) is 0 Å². The first-order valence-electron chi connectivity index (χ1n) is 9.46. The summed E-state index contributed by atoms with van der Waals surface area (Å²) in [5, 5.41) is 5.33. The van der Waals surface area contributed by atoms with Crippen LogP contribution in [-0.4, -0.2) is 18.0 Å². The maximum absolute atomic E-state index is 12.2. The lowest BCUT2D eigenvalue weighted by molar-refractivity contribution is -0.111. The average Bonchev–Trinajstić information content (AvgIpc) is 3.27. The molecule has 0 atom stereocenters. The second kappa shape index (κ2) is 9.20. The van der Waals surface area contributed by atoms with E-state index in [2.05, 4.69) is 34.6 Å². The van der Waals surface area contributed by atoms with Gasteiger partial charge < -0.3 is 4.74 Å². The van der Waals surface area contributed by atoms with Crippen molar-refractivity contribution >= 4 is 28.5 Å². The lowest BCUT2D eigenvalue weighted by atomic mass is 10.0. The summed E-state index contributed by atoms with van der Waals surface area (Å²) >= 11 is 1.41. The zero-order chi connectivity index (χ0) is 20.8. The Morgan fingerprint density at radius 3 is 2.27 bits per heavy atom. The van der Waals surface area contributed by atoms with Crippen molar-refractivity contribution in [2.24, 2.45) is 0 Å². The number of thiazole rings is 1. The Morgan fingerprint density at radius 1 is 0.900 bits per heavy atom. The van der Waals surface area contributed by atoms with Crippen LogP contribution in [-0.2, 0) is 4.79 Å². The highest BCUT2D eigenvalue weighted by Gasteiger charge is 2.07. The van der Waals surface area contributed by atoms with Crippen molar-refractivity contribution in [1.29, 1.82) is 0 Å². The minimum atomic E-state index is -0.217. The molecule has 30 heavy (non-hydrogen) atoms. The summed E-state index contributed by atoms with van der Waals surface area (Å²) in [6, 6.07) is 26.0. The van der Waals surface area contributed by atoms with Gasteiger partial charge in [0.2, 0.25) is 5.91 Å². The highest BCUT2D eigenvalue weighted by atomic mass is 32.1. The minimum absolute atomic E-state index is 0.217. The summed E-state index contributed by atoms with van der Waals surface area (Å²) in [5.41, 5.74) is 5.12. The Labute approximate surface area is 179 Å². The summed E-state index contributed by atoms with van der Waals surface area (Å²) in [6.45, 7) is 0. The molecule has 1 heterocycles. The van der Waals surface area contributed by atoms with E-state index in [1.54, 1.807) is 13.2 Å². The Balaban J connectivity index is 1.40. The number of benzene rings is 3. The minimum Gasteiger partial charge on any atom is -0.497 e. The molecule has 148 valence electrons. The SMILES string of the molecule is COc1ccc(/C=C/C(=O)Nc2nc(-c3ccc(-c4ccccc4)cc3)cs2)cc1. The van der Waals surface area contributed by atoms with Crippen LogP contribution in [0.25, 0.3) is 28.5 Å². The monoisotopic (exact) mass is 412 g/mol. The van der Waals surface area contributed by atoms with Gasteiger partial charge >= 0.3 is 0 Å². The third kappa shape index (κ3) is 4.82. The van der Waals surface area contributed by atoms with E-state index in [0.29, 0.717) is 5.13 Å². The van der Waals surface area contributed by atoms with Crippen LogP contribution >= 0.6 is 11.3 Å². The highest BCUT2D eigenvalue weighted by Crippen LogP contribution is 2.27. The molecule has 1 N–H and O–H groups in total. The van der Waals surface area contributed by atoms with Gasteiger partial charge in [0.05, 0.1) is 12.8 Å². The maximum Gasteiger partial charge on any atom is 0.250 e. The lowest BCUT2D eigenvalue weighted by Gasteiger charge is -2.03. The van der Waals surface area contributed by atoms with Gasteiger partial charge in [0.15, 0.2) is 5.13 Å². The second-order valence-corrected chi connectivity index (χ2v) is 7.44. The quantitative estimate of drug-likeness (QED) is 0.387. The molecule has 0 saturated carbocycles. The van der Waals surface area contributed by atoms with E-state index in [9.17, 15) is 4.79 Å². The lowest BCUT2D eigenvalue weighted by Crippen LogP contribution is -2.07. The predicted octanol–water partition coefficient (Wildman–Crippen LogP) is 6.14. The predicted molar refractivity (Wildman–Crippen MR) is 124 cm³/mol. The molecule has 4 aromatic rings. The van der Waals surface area contributed by atoms with Gasteiger partial charge in [-0.05, 0) is 34.9 Å². The second-order valence-electron chi connectivity index (χ2n) is 6.58. The Bertz CT molecular complexity index is 1150. The summed E-state index contributed by atoms with van der Waals surface area (Å²) in [6.07, 6.45) is 3.25. The molecule has 0 fully saturated rings. The van der Waals surface area contributed by atoms with Gasteiger partial charge in [0, 0.05) is 17.0 Å². The topological polar surface area (TPSA) is 51.2 Å². The third-order valence-electron chi connectivity index (χ3n) is 4.57. The van der Waals surface area contributed by atoms with Crippen molar-refractivity contribution in [3.8, 4) is 28.1 Å². The Hall–Kier alpha value is -3.70. The number of nitrogens with one attached hydrogen (secondary N) is 1. The first kappa shape index (κ1) is 19.6. The van der Waals surface area contributed by atoms with Crippen molar-refractivity contribution in [2.75, 3.05) is 12.4 Å². The first-order valence-corrected chi connectivity index (χ1v) is 10.3. The number of anilines is 1. The summed E-state index contributed by atoms with van der Waals surface area (Å²) in [7, 11) is 1.62. The molecule has 0 spiro atoms. The Morgan fingerprint density at radius 2 is 1.57 bits per heavy atom. The van der Waals surface area contributed by atoms with E-state index < -0.39 is 0 Å². The number of hydrogen-bond donors (Lipinski definition) is 1. The fourth-order valence-electron chi connectivity index (χ4n) is 2.96. The van der Waals surface area contributed by atoms with Crippen LogP contribution in [0.5, 0.6) is 5.75 Å². The molecule has 0 bridgehead atoms. The third-order valence-corrected chi connectivity index (χ3v) is 5.32. The van der Waals surface area contributed by atoms with Gasteiger partial charge in [-0.15, -0.1) is 11.3 Å². The number of rotatable bonds is 6. The van der Waals surface area contributed by atoms with E-state index in [0.717, 1.165) is 28.1 Å². The van der Waals surface area contributed by atoms with E-state index in [-0.39, 0.29) is 5.91 Å².